The second-order valence-electron chi connectivity index (χ2n) is 6.84. The Hall–Kier alpha value is -0.126. The first-order chi connectivity index (χ1) is 8.60. The zero-order valence-corrected chi connectivity index (χ0v) is 16.3. The molecule has 0 aromatic rings. The molecule has 0 rings (SSSR count). The van der Waals surface area contributed by atoms with Crippen LogP contribution in [-0.4, -0.2) is 16.6 Å². The standard InChI is InChI=1S/C16H34OSi2/c1-11-18(13(3)4,14(5)6)17-19(12-2,15(7)8)16(9)10/h11-16H,1-2H2,3-10H3. The summed E-state index contributed by atoms with van der Waals surface area (Å²) in [5.41, 5.74) is 6.53. The minimum Gasteiger partial charge on any atom is -0.448 e. The van der Waals surface area contributed by atoms with Gasteiger partial charge >= 0.3 is 0 Å². The van der Waals surface area contributed by atoms with Crippen LogP contribution in [0.3, 0.4) is 0 Å². The summed E-state index contributed by atoms with van der Waals surface area (Å²) in [5.74, 6) is 0. The molecule has 0 aromatic heterocycles. The molecular formula is C16H34OSi2. The van der Waals surface area contributed by atoms with Crippen molar-refractivity contribution >= 4 is 16.6 Å². The summed E-state index contributed by atoms with van der Waals surface area (Å²) < 4.78 is 7.01. The Bertz CT molecular complexity index is 260. The molecule has 1 nitrogen and oxygen atoms in total. The maximum atomic E-state index is 7.01. The van der Waals surface area contributed by atoms with Crippen LogP contribution in [0.5, 0.6) is 0 Å². The van der Waals surface area contributed by atoms with Crippen molar-refractivity contribution in [3.63, 3.8) is 0 Å². The topological polar surface area (TPSA) is 9.23 Å². The molecule has 0 saturated carbocycles. The Labute approximate surface area is 123 Å². The van der Waals surface area contributed by atoms with Gasteiger partial charge < -0.3 is 4.12 Å². The Morgan fingerprint density at radius 2 is 0.842 bits per heavy atom. The van der Waals surface area contributed by atoms with Crippen LogP contribution in [0.4, 0.5) is 0 Å². The van der Waals surface area contributed by atoms with Gasteiger partial charge in [-0.3, -0.25) is 0 Å². The van der Waals surface area contributed by atoms with Crippen LogP contribution in [0.25, 0.3) is 0 Å². The summed E-state index contributed by atoms with van der Waals surface area (Å²) in [6.07, 6.45) is 0. The third kappa shape index (κ3) is 3.50. The van der Waals surface area contributed by atoms with Crippen molar-refractivity contribution in [2.75, 3.05) is 0 Å². The van der Waals surface area contributed by atoms with Crippen LogP contribution < -0.4 is 0 Å². The molecule has 0 atom stereocenters. The van der Waals surface area contributed by atoms with Crippen LogP contribution in [0.1, 0.15) is 55.4 Å². The van der Waals surface area contributed by atoms with Gasteiger partial charge in [-0.05, 0) is 22.2 Å². The van der Waals surface area contributed by atoms with E-state index in [4.69, 9.17) is 4.12 Å². The molecule has 0 aliphatic carbocycles. The summed E-state index contributed by atoms with van der Waals surface area (Å²) in [6.45, 7) is 26.6. The predicted molar refractivity (Wildman–Crippen MR) is 93.4 cm³/mol. The smallest absolute Gasteiger partial charge is 0.209 e. The molecule has 112 valence electrons. The van der Waals surface area contributed by atoms with Crippen LogP contribution in [-0.2, 0) is 4.12 Å². The van der Waals surface area contributed by atoms with E-state index >= 15 is 0 Å². The van der Waals surface area contributed by atoms with Gasteiger partial charge in [0.2, 0.25) is 16.6 Å². The first-order valence-electron chi connectivity index (χ1n) is 7.58. The van der Waals surface area contributed by atoms with E-state index in [2.05, 4.69) is 79.9 Å². The summed E-state index contributed by atoms with van der Waals surface area (Å²) >= 11 is 0. The van der Waals surface area contributed by atoms with Crippen molar-refractivity contribution in [2.45, 2.75) is 77.6 Å². The van der Waals surface area contributed by atoms with E-state index < -0.39 is 16.6 Å². The fraction of sp³-hybridized carbons (Fsp3) is 0.750. The van der Waals surface area contributed by atoms with Gasteiger partial charge in [0.15, 0.2) is 0 Å². The molecule has 0 aliphatic heterocycles. The largest absolute Gasteiger partial charge is 0.448 e. The summed E-state index contributed by atoms with van der Waals surface area (Å²) in [4.78, 5) is 0. The highest BCUT2D eigenvalue weighted by Gasteiger charge is 2.49. The number of hydrogen-bond acceptors (Lipinski definition) is 1. The van der Waals surface area contributed by atoms with E-state index in [9.17, 15) is 0 Å². The molecule has 0 saturated heterocycles. The molecule has 0 heterocycles. The molecule has 0 aromatic carbocycles. The minimum atomic E-state index is -1.95. The monoisotopic (exact) mass is 298 g/mol. The normalized spacial score (nSPS) is 13.7. The third-order valence-electron chi connectivity index (χ3n) is 4.60. The maximum Gasteiger partial charge on any atom is 0.209 e. The van der Waals surface area contributed by atoms with Gasteiger partial charge in [-0.15, -0.1) is 13.2 Å². The average Bonchev–Trinajstić information content (AvgIpc) is 2.29. The van der Waals surface area contributed by atoms with Gasteiger partial charge in [0.25, 0.3) is 0 Å². The van der Waals surface area contributed by atoms with E-state index in [-0.39, 0.29) is 0 Å². The highest BCUT2D eigenvalue weighted by molar-refractivity contribution is 6.94. The van der Waals surface area contributed by atoms with E-state index in [1.807, 2.05) is 0 Å². The molecule has 0 N–H and O–H groups in total. The lowest BCUT2D eigenvalue weighted by Crippen LogP contribution is -2.56. The maximum absolute atomic E-state index is 7.01. The molecule has 0 unspecified atom stereocenters. The Kier molecular flexibility index (Phi) is 7.00. The predicted octanol–water partition coefficient (Wildman–Crippen LogP) is 5.98. The number of hydrogen-bond donors (Lipinski definition) is 0. The Morgan fingerprint density at radius 3 is 0.947 bits per heavy atom. The third-order valence-corrected chi connectivity index (χ3v) is 15.9. The second-order valence-corrected chi connectivity index (χ2v) is 16.5. The molecule has 0 bridgehead atoms. The van der Waals surface area contributed by atoms with E-state index in [0.29, 0.717) is 22.2 Å². The zero-order chi connectivity index (χ0) is 15.4. The molecule has 0 radical (unpaired) electrons. The molecule has 0 spiro atoms. The summed E-state index contributed by atoms with van der Waals surface area (Å²) in [6, 6.07) is 0. The zero-order valence-electron chi connectivity index (χ0n) is 14.3. The first-order valence-corrected chi connectivity index (χ1v) is 11.9. The molecule has 3 heteroatoms. The van der Waals surface area contributed by atoms with Crippen molar-refractivity contribution in [2.24, 2.45) is 0 Å². The molecule has 0 amide bonds. The fourth-order valence-electron chi connectivity index (χ4n) is 3.14. The highest BCUT2D eigenvalue weighted by atomic mass is 28.4. The van der Waals surface area contributed by atoms with Gasteiger partial charge in [0.05, 0.1) is 0 Å². The van der Waals surface area contributed by atoms with Crippen LogP contribution in [0.2, 0.25) is 22.2 Å². The first kappa shape index (κ1) is 18.9. The van der Waals surface area contributed by atoms with Crippen molar-refractivity contribution in [1.82, 2.24) is 0 Å². The lowest BCUT2D eigenvalue weighted by atomic mass is 10.5. The quantitative estimate of drug-likeness (QED) is 0.500. The van der Waals surface area contributed by atoms with Crippen LogP contribution in [0.15, 0.2) is 24.6 Å². The highest BCUT2D eigenvalue weighted by Crippen LogP contribution is 2.43. The fourth-order valence-corrected chi connectivity index (χ4v) is 14.6. The number of rotatable bonds is 8. The Balaban J connectivity index is 5.76. The van der Waals surface area contributed by atoms with Gasteiger partial charge in [-0.25, -0.2) is 0 Å². The van der Waals surface area contributed by atoms with Gasteiger partial charge in [-0.2, -0.15) is 0 Å². The van der Waals surface area contributed by atoms with Crippen LogP contribution in [0, 0.1) is 0 Å². The van der Waals surface area contributed by atoms with Crippen molar-refractivity contribution in [3.05, 3.63) is 24.6 Å². The lowest BCUT2D eigenvalue weighted by Gasteiger charge is -2.47. The van der Waals surface area contributed by atoms with E-state index in [1.54, 1.807) is 0 Å². The summed E-state index contributed by atoms with van der Waals surface area (Å²) in [5, 5.41) is 0. The Morgan fingerprint density at radius 1 is 0.632 bits per heavy atom. The van der Waals surface area contributed by atoms with Crippen molar-refractivity contribution in [3.8, 4) is 0 Å². The van der Waals surface area contributed by atoms with Gasteiger partial charge in [0, 0.05) is 0 Å². The molecule has 0 fully saturated rings. The molecule has 19 heavy (non-hydrogen) atoms. The van der Waals surface area contributed by atoms with E-state index in [1.165, 1.54) is 0 Å². The molecular weight excluding hydrogens is 264 g/mol. The minimum absolute atomic E-state index is 0.550. The van der Waals surface area contributed by atoms with Crippen molar-refractivity contribution < 1.29 is 4.12 Å². The summed E-state index contributed by atoms with van der Waals surface area (Å²) in [7, 11) is -3.90. The molecule has 0 aliphatic rings. The SMILES string of the molecule is C=C[Si](O[Si](C=C)(C(C)C)C(C)C)(C(C)C)C(C)C. The van der Waals surface area contributed by atoms with E-state index in [0.717, 1.165) is 0 Å². The average molecular weight is 299 g/mol. The van der Waals surface area contributed by atoms with Gasteiger partial charge in [-0.1, -0.05) is 66.8 Å². The second kappa shape index (κ2) is 7.05. The van der Waals surface area contributed by atoms with Crippen molar-refractivity contribution in [1.29, 1.82) is 0 Å². The van der Waals surface area contributed by atoms with Crippen LogP contribution >= 0.6 is 0 Å². The van der Waals surface area contributed by atoms with Gasteiger partial charge in [0.1, 0.15) is 0 Å². The lowest BCUT2D eigenvalue weighted by molar-refractivity contribution is 0.479.